The summed E-state index contributed by atoms with van der Waals surface area (Å²) in [5, 5.41) is 17.5. The fourth-order valence-corrected chi connectivity index (χ4v) is 3.94. The number of hydrogen-bond acceptors (Lipinski definition) is 3. The number of carboxylic acids is 1. The first-order valence-electron chi connectivity index (χ1n) is 10.4. The van der Waals surface area contributed by atoms with E-state index in [2.05, 4.69) is 31.2 Å². The van der Waals surface area contributed by atoms with E-state index in [0.717, 1.165) is 11.4 Å². The first kappa shape index (κ1) is 21.9. The highest BCUT2D eigenvalue weighted by Crippen LogP contribution is 2.27. The lowest BCUT2D eigenvalue weighted by molar-refractivity contribution is 0.0687. The number of carboxylic acid groups (broad SMARTS) is 1. The number of halogens is 1. The maximum Gasteiger partial charge on any atom is 0.356 e. The Balaban J connectivity index is 1.55. The SMILES string of the molecule is CC(C)(C)c1ccc(NC(=O)N2CCc3c(c(C(=O)O)nn3-c3ccc(Cl)cc3)C2)cc1. The van der Waals surface area contributed by atoms with Gasteiger partial charge >= 0.3 is 12.0 Å². The fraction of sp³-hybridized carbons (Fsp3) is 0.292. The van der Waals surface area contributed by atoms with Crippen LogP contribution in [0, 0.1) is 0 Å². The molecule has 8 heteroatoms. The van der Waals surface area contributed by atoms with Crippen LogP contribution in [0.3, 0.4) is 0 Å². The second-order valence-corrected chi connectivity index (χ2v) is 9.33. The van der Waals surface area contributed by atoms with E-state index in [4.69, 9.17) is 11.6 Å². The maximum atomic E-state index is 12.9. The number of aromatic nitrogens is 2. The molecule has 0 saturated heterocycles. The number of hydrogen-bond donors (Lipinski definition) is 2. The maximum absolute atomic E-state index is 12.9. The van der Waals surface area contributed by atoms with Crippen LogP contribution in [-0.2, 0) is 18.4 Å². The Morgan fingerprint density at radius 2 is 1.72 bits per heavy atom. The minimum absolute atomic E-state index is 0.0310. The van der Waals surface area contributed by atoms with Crippen molar-refractivity contribution < 1.29 is 14.7 Å². The van der Waals surface area contributed by atoms with Crippen molar-refractivity contribution in [1.82, 2.24) is 14.7 Å². The van der Waals surface area contributed by atoms with Gasteiger partial charge in [-0.05, 0) is 47.4 Å². The molecule has 1 aliphatic rings. The van der Waals surface area contributed by atoms with Crippen molar-refractivity contribution in [2.75, 3.05) is 11.9 Å². The molecule has 2 N–H and O–H groups in total. The molecule has 0 saturated carbocycles. The average molecular weight is 453 g/mol. The molecule has 4 rings (SSSR count). The van der Waals surface area contributed by atoms with Crippen LogP contribution in [0.15, 0.2) is 48.5 Å². The quantitative estimate of drug-likeness (QED) is 0.578. The van der Waals surface area contributed by atoms with Gasteiger partial charge in [-0.15, -0.1) is 0 Å². The standard InChI is InChI=1S/C24H25ClN4O3/c1-24(2,3)15-4-8-17(9-5-15)26-23(32)28-13-12-20-19(14-28)21(22(30)31)27-29(20)18-10-6-16(25)7-11-18/h4-11H,12-14H2,1-3H3,(H,26,32)(H,30,31). The zero-order chi connectivity index (χ0) is 23.0. The number of benzene rings is 2. The summed E-state index contributed by atoms with van der Waals surface area (Å²) in [6, 6.07) is 14.6. The largest absolute Gasteiger partial charge is 0.476 e. The summed E-state index contributed by atoms with van der Waals surface area (Å²) in [7, 11) is 0. The molecule has 1 aliphatic heterocycles. The number of carbonyl (C=O) groups is 2. The number of carbonyl (C=O) groups excluding carboxylic acids is 1. The number of nitrogens with zero attached hydrogens (tertiary/aromatic N) is 3. The molecular weight excluding hydrogens is 428 g/mol. The van der Waals surface area contributed by atoms with Gasteiger partial charge in [0.25, 0.3) is 0 Å². The van der Waals surface area contributed by atoms with Gasteiger partial charge in [0.1, 0.15) is 0 Å². The van der Waals surface area contributed by atoms with Crippen LogP contribution < -0.4 is 5.32 Å². The minimum Gasteiger partial charge on any atom is -0.476 e. The van der Waals surface area contributed by atoms with E-state index in [-0.39, 0.29) is 23.7 Å². The number of anilines is 1. The number of rotatable bonds is 3. The van der Waals surface area contributed by atoms with Gasteiger partial charge < -0.3 is 15.3 Å². The molecule has 2 heterocycles. The summed E-state index contributed by atoms with van der Waals surface area (Å²) in [4.78, 5) is 26.3. The third kappa shape index (κ3) is 4.34. The minimum atomic E-state index is -1.12. The highest BCUT2D eigenvalue weighted by molar-refractivity contribution is 6.30. The molecule has 0 bridgehead atoms. The number of fused-ring (bicyclic) bond motifs is 1. The summed E-state index contributed by atoms with van der Waals surface area (Å²) < 4.78 is 1.63. The Morgan fingerprint density at radius 1 is 1.06 bits per heavy atom. The lowest BCUT2D eigenvalue weighted by Crippen LogP contribution is -2.39. The summed E-state index contributed by atoms with van der Waals surface area (Å²) in [5.41, 5.74) is 3.95. The Hall–Kier alpha value is -3.32. The highest BCUT2D eigenvalue weighted by atomic mass is 35.5. The van der Waals surface area contributed by atoms with Crippen molar-refractivity contribution in [3.8, 4) is 5.69 Å². The molecule has 2 aromatic carbocycles. The van der Waals surface area contributed by atoms with Crippen molar-refractivity contribution >= 4 is 29.3 Å². The van der Waals surface area contributed by atoms with Crippen LogP contribution >= 0.6 is 11.6 Å². The molecule has 0 atom stereocenters. The van der Waals surface area contributed by atoms with Crippen molar-refractivity contribution in [1.29, 1.82) is 0 Å². The molecule has 166 valence electrons. The third-order valence-electron chi connectivity index (χ3n) is 5.62. The lowest BCUT2D eigenvalue weighted by Gasteiger charge is -2.28. The number of nitrogens with one attached hydrogen (secondary N) is 1. The lowest BCUT2D eigenvalue weighted by atomic mass is 9.87. The van der Waals surface area contributed by atoms with E-state index < -0.39 is 5.97 Å². The van der Waals surface area contributed by atoms with Crippen LogP contribution in [0.25, 0.3) is 5.69 Å². The first-order chi connectivity index (χ1) is 15.1. The Labute approximate surface area is 191 Å². The Morgan fingerprint density at radius 3 is 2.31 bits per heavy atom. The van der Waals surface area contributed by atoms with E-state index in [9.17, 15) is 14.7 Å². The first-order valence-corrected chi connectivity index (χ1v) is 10.8. The summed E-state index contributed by atoms with van der Waals surface area (Å²) in [6.45, 7) is 7.04. The second kappa shape index (κ2) is 8.31. The van der Waals surface area contributed by atoms with Crippen molar-refractivity contribution in [2.45, 2.75) is 39.2 Å². The van der Waals surface area contributed by atoms with E-state index in [1.54, 1.807) is 33.8 Å². The summed E-state index contributed by atoms with van der Waals surface area (Å²) >= 11 is 5.97. The smallest absolute Gasteiger partial charge is 0.356 e. The molecule has 32 heavy (non-hydrogen) atoms. The molecule has 0 spiro atoms. The highest BCUT2D eigenvalue weighted by Gasteiger charge is 2.30. The van der Waals surface area contributed by atoms with E-state index in [0.29, 0.717) is 29.2 Å². The topological polar surface area (TPSA) is 87.5 Å². The van der Waals surface area contributed by atoms with Crippen molar-refractivity contribution in [3.05, 3.63) is 76.1 Å². The third-order valence-corrected chi connectivity index (χ3v) is 5.87. The monoisotopic (exact) mass is 452 g/mol. The molecule has 2 amide bonds. The predicted octanol–water partition coefficient (Wildman–Crippen LogP) is 5.11. The number of amides is 2. The zero-order valence-corrected chi connectivity index (χ0v) is 19.0. The number of aromatic carboxylic acids is 1. The molecule has 0 radical (unpaired) electrons. The van der Waals surface area contributed by atoms with Crippen molar-refractivity contribution in [2.24, 2.45) is 0 Å². The summed E-state index contributed by atoms with van der Waals surface area (Å²) in [6.07, 6.45) is 0.495. The molecule has 3 aromatic rings. The normalized spacial score (nSPS) is 13.6. The van der Waals surface area contributed by atoms with E-state index in [1.807, 2.05) is 24.3 Å². The van der Waals surface area contributed by atoms with Gasteiger partial charge in [0.05, 0.1) is 17.9 Å². The average Bonchev–Trinajstić information content (AvgIpc) is 3.13. The molecule has 0 unspecified atom stereocenters. The van der Waals surface area contributed by atoms with Crippen LogP contribution in [-0.4, -0.2) is 38.3 Å². The Bertz CT molecular complexity index is 1160. The van der Waals surface area contributed by atoms with E-state index >= 15 is 0 Å². The predicted molar refractivity (Wildman–Crippen MR) is 124 cm³/mol. The van der Waals surface area contributed by atoms with Crippen molar-refractivity contribution in [3.63, 3.8) is 0 Å². The number of urea groups is 1. The van der Waals surface area contributed by atoms with Gasteiger partial charge in [0.15, 0.2) is 5.69 Å². The van der Waals surface area contributed by atoms with Gasteiger partial charge in [-0.25, -0.2) is 14.3 Å². The van der Waals surface area contributed by atoms with E-state index in [1.165, 1.54) is 5.56 Å². The van der Waals surface area contributed by atoms with Crippen LogP contribution in [0.4, 0.5) is 10.5 Å². The second-order valence-electron chi connectivity index (χ2n) is 8.90. The van der Waals surface area contributed by atoms with Gasteiger partial charge in [0.2, 0.25) is 0 Å². The van der Waals surface area contributed by atoms with Crippen LogP contribution in [0.2, 0.25) is 5.02 Å². The molecule has 1 aromatic heterocycles. The van der Waals surface area contributed by atoms with Gasteiger partial charge in [-0.3, -0.25) is 0 Å². The van der Waals surface area contributed by atoms with Gasteiger partial charge in [-0.1, -0.05) is 44.5 Å². The van der Waals surface area contributed by atoms with Gasteiger partial charge in [0, 0.05) is 29.2 Å². The summed E-state index contributed by atoms with van der Waals surface area (Å²) in [5.74, 6) is -1.12. The molecular formula is C24H25ClN4O3. The molecule has 0 aliphatic carbocycles. The molecule has 0 fully saturated rings. The van der Waals surface area contributed by atoms with Crippen LogP contribution in [0.1, 0.15) is 48.1 Å². The zero-order valence-electron chi connectivity index (χ0n) is 18.2. The molecule has 7 nitrogen and oxygen atoms in total. The van der Waals surface area contributed by atoms with Gasteiger partial charge in [-0.2, -0.15) is 5.10 Å². The fourth-order valence-electron chi connectivity index (χ4n) is 3.82. The Kier molecular flexibility index (Phi) is 5.69. The van der Waals surface area contributed by atoms with Crippen LogP contribution in [0.5, 0.6) is 0 Å².